The van der Waals surface area contributed by atoms with Crippen molar-refractivity contribution in [2.24, 2.45) is 0 Å². The molecule has 0 saturated carbocycles. The third-order valence-corrected chi connectivity index (χ3v) is 9.35. The fourth-order valence-electron chi connectivity index (χ4n) is 0.929. The molecule has 25 heavy (non-hydrogen) atoms. The predicted octanol–water partition coefficient (Wildman–Crippen LogP) is -1.09. The highest BCUT2D eigenvalue weighted by Crippen LogP contribution is 2.24. The third kappa shape index (κ3) is 6.51. The van der Waals surface area contributed by atoms with Crippen molar-refractivity contribution in [3.8, 4) is 0 Å². The van der Waals surface area contributed by atoms with E-state index in [0.29, 0.717) is 6.92 Å². The Labute approximate surface area is 137 Å². The van der Waals surface area contributed by atoms with Gasteiger partial charge in [-0.1, -0.05) is 0 Å². The van der Waals surface area contributed by atoms with Crippen LogP contribution in [0, 0.1) is 0 Å². The standard InChI is InChI=1S/C5H8F6N2O8S4/c1-3(23(16,17)13-25(20,21)5(9,10)11)2-22(14,15)12-24(18,19)4(6,7)8/h3,12-13H,2H2,1H3. The van der Waals surface area contributed by atoms with Gasteiger partial charge in [0.05, 0.1) is 11.0 Å². The average molecular weight is 466 g/mol. The molecule has 0 aliphatic heterocycles. The molecule has 0 spiro atoms. The van der Waals surface area contributed by atoms with Gasteiger partial charge < -0.3 is 0 Å². The summed E-state index contributed by atoms with van der Waals surface area (Å²) in [5, 5.41) is -2.58. The average Bonchev–Trinajstić information content (AvgIpc) is 2.21. The van der Waals surface area contributed by atoms with Crippen molar-refractivity contribution in [2.75, 3.05) is 5.75 Å². The number of alkyl halides is 6. The fraction of sp³-hybridized carbons (Fsp3) is 1.00. The Morgan fingerprint density at radius 1 is 0.720 bits per heavy atom. The van der Waals surface area contributed by atoms with E-state index in [1.807, 2.05) is 0 Å². The van der Waals surface area contributed by atoms with Gasteiger partial charge in [-0.25, -0.2) is 33.7 Å². The zero-order valence-electron chi connectivity index (χ0n) is 11.5. The summed E-state index contributed by atoms with van der Waals surface area (Å²) in [7, 11) is -24.0. The van der Waals surface area contributed by atoms with Crippen LogP contribution in [0.4, 0.5) is 26.3 Å². The molecule has 0 rings (SSSR count). The van der Waals surface area contributed by atoms with Gasteiger partial charge in [0.1, 0.15) is 0 Å². The van der Waals surface area contributed by atoms with Crippen molar-refractivity contribution in [3.05, 3.63) is 0 Å². The monoisotopic (exact) mass is 466 g/mol. The summed E-state index contributed by atoms with van der Waals surface area (Å²) in [6.07, 6.45) is 0. The Kier molecular flexibility index (Phi) is 6.60. The first-order valence-electron chi connectivity index (χ1n) is 5.20. The molecule has 0 aromatic carbocycles. The van der Waals surface area contributed by atoms with Gasteiger partial charge in [0, 0.05) is 0 Å². The molecular formula is C5H8F6N2O8S4. The van der Waals surface area contributed by atoms with Gasteiger partial charge in [0.15, 0.2) is 0 Å². The lowest BCUT2D eigenvalue weighted by Gasteiger charge is -2.16. The van der Waals surface area contributed by atoms with Crippen molar-refractivity contribution in [3.63, 3.8) is 0 Å². The summed E-state index contributed by atoms with van der Waals surface area (Å²) in [6.45, 7) is 0.313. The van der Waals surface area contributed by atoms with Gasteiger partial charge in [-0.2, -0.15) is 26.3 Å². The smallest absolute Gasteiger partial charge is 0.211 e. The van der Waals surface area contributed by atoms with Gasteiger partial charge in [0.25, 0.3) is 0 Å². The summed E-state index contributed by atoms with van der Waals surface area (Å²) in [6, 6.07) is 0. The number of hydrogen-bond donors (Lipinski definition) is 2. The van der Waals surface area contributed by atoms with Crippen LogP contribution in [-0.2, 0) is 40.1 Å². The Bertz CT molecular complexity index is 912. The number of hydrogen-bond acceptors (Lipinski definition) is 8. The maximum atomic E-state index is 12.1. The van der Waals surface area contributed by atoms with Crippen molar-refractivity contribution < 1.29 is 60.0 Å². The van der Waals surface area contributed by atoms with E-state index in [4.69, 9.17) is 0 Å². The van der Waals surface area contributed by atoms with Crippen molar-refractivity contribution in [2.45, 2.75) is 23.2 Å². The van der Waals surface area contributed by atoms with Crippen molar-refractivity contribution >= 4 is 40.1 Å². The molecule has 20 heteroatoms. The highest BCUT2D eigenvalue weighted by molar-refractivity contribution is 8.07. The minimum Gasteiger partial charge on any atom is -0.211 e. The molecule has 0 aromatic heterocycles. The molecule has 0 amide bonds. The Balaban J connectivity index is 5.50. The second-order valence-electron chi connectivity index (χ2n) is 4.20. The molecule has 0 aromatic rings. The summed E-state index contributed by atoms with van der Waals surface area (Å²) in [4.78, 5) is 0. The fourth-order valence-corrected chi connectivity index (χ4v) is 7.05. The maximum Gasteiger partial charge on any atom is 0.512 e. The second-order valence-corrected chi connectivity index (χ2v) is 11.9. The van der Waals surface area contributed by atoms with Crippen LogP contribution in [-0.4, -0.2) is 55.7 Å². The van der Waals surface area contributed by atoms with Crippen LogP contribution in [0.2, 0.25) is 0 Å². The molecule has 1 atom stereocenters. The molecule has 1 unspecified atom stereocenters. The second kappa shape index (κ2) is 6.79. The van der Waals surface area contributed by atoms with Gasteiger partial charge in [-0.15, -0.1) is 8.25 Å². The van der Waals surface area contributed by atoms with E-state index >= 15 is 0 Å². The summed E-state index contributed by atoms with van der Waals surface area (Å²) in [5.74, 6) is -2.00. The van der Waals surface area contributed by atoms with Crippen LogP contribution in [0.5, 0.6) is 0 Å². The van der Waals surface area contributed by atoms with E-state index < -0.39 is 62.1 Å². The lowest BCUT2D eigenvalue weighted by molar-refractivity contribution is -0.0447. The zero-order chi connectivity index (χ0) is 20.7. The van der Waals surface area contributed by atoms with E-state index in [1.165, 1.54) is 0 Å². The minimum atomic E-state index is -6.47. The molecule has 10 nitrogen and oxygen atoms in total. The lowest BCUT2D eigenvalue weighted by atomic mass is 10.6. The van der Waals surface area contributed by atoms with Crippen LogP contribution < -0.4 is 8.25 Å². The molecule has 0 radical (unpaired) electrons. The van der Waals surface area contributed by atoms with E-state index in [-0.39, 0.29) is 8.25 Å². The van der Waals surface area contributed by atoms with E-state index in [2.05, 4.69) is 0 Å². The van der Waals surface area contributed by atoms with Crippen LogP contribution in [0.1, 0.15) is 6.92 Å². The summed E-state index contributed by atoms with van der Waals surface area (Å²) < 4.78 is 160. The third-order valence-electron chi connectivity index (χ3n) is 2.06. The highest BCUT2D eigenvalue weighted by atomic mass is 32.3. The van der Waals surface area contributed by atoms with Gasteiger partial charge in [-0.05, 0) is 6.92 Å². The Morgan fingerprint density at radius 3 is 1.36 bits per heavy atom. The van der Waals surface area contributed by atoms with Crippen LogP contribution in [0.3, 0.4) is 0 Å². The zero-order valence-corrected chi connectivity index (χ0v) is 14.7. The first kappa shape index (κ1) is 24.3. The van der Waals surface area contributed by atoms with Gasteiger partial charge in [-0.3, -0.25) is 0 Å². The molecule has 0 heterocycles. The summed E-state index contributed by atoms with van der Waals surface area (Å²) in [5.41, 5.74) is -12.2. The molecule has 0 saturated heterocycles. The Morgan fingerprint density at radius 2 is 1.04 bits per heavy atom. The number of nitrogens with one attached hydrogen (secondary N) is 2. The summed E-state index contributed by atoms with van der Waals surface area (Å²) >= 11 is 0. The number of rotatable bonds is 7. The van der Waals surface area contributed by atoms with Crippen molar-refractivity contribution in [1.29, 1.82) is 0 Å². The first-order chi connectivity index (χ1) is 10.5. The van der Waals surface area contributed by atoms with Crippen LogP contribution in [0.25, 0.3) is 0 Å². The predicted molar refractivity (Wildman–Crippen MR) is 68.4 cm³/mol. The van der Waals surface area contributed by atoms with Crippen molar-refractivity contribution in [1.82, 2.24) is 8.25 Å². The largest absolute Gasteiger partial charge is 0.512 e. The van der Waals surface area contributed by atoms with E-state index in [9.17, 15) is 60.0 Å². The molecule has 0 bridgehead atoms. The van der Waals surface area contributed by atoms with E-state index in [0.717, 1.165) is 0 Å². The Hall–Kier alpha value is -0.700. The van der Waals surface area contributed by atoms with Crippen LogP contribution in [0.15, 0.2) is 0 Å². The normalized spacial score (nSPS) is 16.6. The molecular weight excluding hydrogens is 458 g/mol. The van der Waals surface area contributed by atoms with Crippen LogP contribution >= 0.6 is 0 Å². The molecule has 0 aliphatic carbocycles. The molecule has 152 valence electrons. The topological polar surface area (TPSA) is 161 Å². The SMILES string of the molecule is CC(CS(=O)(=O)NS(=O)(=O)C(F)(F)F)S(=O)(=O)NS(=O)(=O)C(F)(F)F. The highest BCUT2D eigenvalue weighted by Gasteiger charge is 2.50. The number of halogens is 6. The van der Waals surface area contributed by atoms with E-state index in [1.54, 1.807) is 0 Å². The van der Waals surface area contributed by atoms with Gasteiger partial charge >= 0.3 is 31.1 Å². The first-order valence-corrected chi connectivity index (χ1v) is 11.4. The lowest BCUT2D eigenvalue weighted by Crippen LogP contribution is -2.48. The molecule has 0 aliphatic rings. The van der Waals surface area contributed by atoms with Gasteiger partial charge in [0.2, 0.25) is 20.0 Å². The minimum absolute atomic E-state index is 0.124. The molecule has 2 N–H and O–H groups in total. The number of sulfonamides is 4. The maximum absolute atomic E-state index is 12.1. The quantitative estimate of drug-likeness (QED) is 0.448. The molecule has 0 fully saturated rings.